The Morgan fingerprint density at radius 1 is 1.57 bits per heavy atom. The molecule has 14 heavy (non-hydrogen) atoms. The standard InChI is InChI=1S/C9H6BrN3O/c10-8-6-7(3-4-9(8)14)2-1-5-12-13-11/h3-4,6,14H,5H2. The molecule has 1 aromatic rings. The van der Waals surface area contributed by atoms with Gasteiger partial charge in [-0.2, -0.15) is 0 Å². The van der Waals surface area contributed by atoms with E-state index in [1.54, 1.807) is 18.2 Å². The van der Waals surface area contributed by atoms with E-state index in [1.165, 1.54) is 0 Å². The highest BCUT2D eigenvalue weighted by molar-refractivity contribution is 9.10. The number of azide groups is 1. The molecule has 0 amide bonds. The van der Waals surface area contributed by atoms with E-state index in [1.807, 2.05) is 0 Å². The number of rotatable bonds is 1. The molecule has 70 valence electrons. The van der Waals surface area contributed by atoms with Crippen LogP contribution in [-0.2, 0) is 0 Å². The average molecular weight is 252 g/mol. The van der Waals surface area contributed by atoms with Crippen molar-refractivity contribution in [2.24, 2.45) is 5.11 Å². The zero-order valence-electron chi connectivity index (χ0n) is 7.11. The topological polar surface area (TPSA) is 69.0 Å². The monoisotopic (exact) mass is 251 g/mol. The van der Waals surface area contributed by atoms with Crippen molar-refractivity contribution in [3.8, 4) is 17.6 Å². The number of phenolic OH excluding ortho intramolecular Hbond substituents is 1. The lowest BCUT2D eigenvalue weighted by Gasteiger charge is -1.95. The van der Waals surface area contributed by atoms with Crippen molar-refractivity contribution in [1.29, 1.82) is 0 Å². The van der Waals surface area contributed by atoms with Crippen molar-refractivity contribution >= 4 is 15.9 Å². The zero-order chi connectivity index (χ0) is 10.4. The van der Waals surface area contributed by atoms with Gasteiger partial charge in [-0.15, -0.1) is 0 Å². The molecule has 0 aliphatic rings. The first-order chi connectivity index (χ1) is 6.74. The third-order valence-electron chi connectivity index (χ3n) is 1.39. The molecule has 0 saturated heterocycles. The average Bonchev–Trinajstić information content (AvgIpc) is 2.18. The second-order valence-electron chi connectivity index (χ2n) is 2.36. The first-order valence-corrected chi connectivity index (χ1v) is 4.51. The molecule has 1 rings (SSSR count). The predicted octanol–water partition coefficient (Wildman–Crippen LogP) is 2.82. The van der Waals surface area contributed by atoms with Crippen molar-refractivity contribution in [3.05, 3.63) is 38.7 Å². The quantitative estimate of drug-likeness (QED) is 0.355. The smallest absolute Gasteiger partial charge is 0.129 e. The van der Waals surface area contributed by atoms with E-state index in [2.05, 4.69) is 37.8 Å². The van der Waals surface area contributed by atoms with Crippen LogP contribution in [0.5, 0.6) is 5.75 Å². The van der Waals surface area contributed by atoms with Crippen LogP contribution in [0.4, 0.5) is 0 Å². The van der Waals surface area contributed by atoms with Crippen molar-refractivity contribution in [2.45, 2.75) is 0 Å². The van der Waals surface area contributed by atoms with Crippen molar-refractivity contribution in [1.82, 2.24) is 0 Å². The summed E-state index contributed by atoms with van der Waals surface area (Å²) in [6, 6.07) is 4.92. The zero-order valence-corrected chi connectivity index (χ0v) is 8.69. The Kier molecular flexibility index (Phi) is 3.86. The highest BCUT2D eigenvalue weighted by atomic mass is 79.9. The molecule has 5 heteroatoms. The van der Waals surface area contributed by atoms with E-state index in [9.17, 15) is 5.11 Å². The molecule has 1 aromatic carbocycles. The Bertz CT molecular complexity index is 441. The Morgan fingerprint density at radius 3 is 3.00 bits per heavy atom. The van der Waals surface area contributed by atoms with Gasteiger partial charge in [0.1, 0.15) is 5.75 Å². The van der Waals surface area contributed by atoms with Crippen LogP contribution in [0.3, 0.4) is 0 Å². The second-order valence-corrected chi connectivity index (χ2v) is 3.21. The van der Waals surface area contributed by atoms with Gasteiger partial charge >= 0.3 is 0 Å². The van der Waals surface area contributed by atoms with Crippen LogP contribution in [0.1, 0.15) is 5.56 Å². The van der Waals surface area contributed by atoms with Crippen LogP contribution in [-0.4, -0.2) is 11.7 Å². The van der Waals surface area contributed by atoms with E-state index >= 15 is 0 Å². The van der Waals surface area contributed by atoms with Gasteiger partial charge in [0.15, 0.2) is 0 Å². The summed E-state index contributed by atoms with van der Waals surface area (Å²) in [5.74, 6) is 5.64. The second kappa shape index (κ2) is 5.18. The summed E-state index contributed by atoms with van der Waals surface area (Å²) in [7, 11) is 0. The molecule has 0 saturated carbocycles. The molecular weight excluding hydrogens is 246 g/mol. The van der Waals surface area contributed by atoms with Gasteiger partial charge < -0.3 is 5.11 Å². The van der Waals surface area contributed by atoms with Crippen LogP contribution in [0.25, 0.3) is 10.4 Å². The largest absolute Gasteiger partial charge is 0.507 e. The molecule has 0 heterocycles. The molecule has 0 unspecified atom stereocenters. The summed E-state index contributed by atoms with van der Waals surface area (Å²) in [6.45, 7) is 0.148. The van der Waals surface area contributed by atoms with Crippen LogP contribution < -0.4 is 0 Å². The molecule has 0 aliphatic carbocycles. The molecule has 0 aromatic heterocycles. The fourth-order valence-corrected chi connectivity index (χ4v) is 1.17. The number of nitrogens with zero attached hydrogens (tertiary/aromatic N) is 3. The van der Waals surface area contributed by atoms with Gasteiger partial charge in [0.2, 0.25) is 0 Å². The third kappa shape index (κ3) is 3.02. The van der Waals surface area contributed by atoms with Crippen LogP contribution in [0.15, 0.2) is 27.8 Å². The van der Waals surface area contributed by atoms with Crippen molar-refractivity contribution in [2.75, 3.05) is 6.54 Å². The van der Waals surface area contributed by atoms with E-state index in [4.69, 9.17) is 5.53 Å². The lowest BCUT2D eigenvalue weighted by molar-refractivity contribution is 0.472. The number of aromatic hydroxyl groups is 1. The number of benzene rings is 1. The maximum atomic E-state index is 9.19. The maximum Gasteiger partial charge on any atom is 0.129 e. The molecule has 1 N–H and O–H groups in total. The minimum atomic E-state index is 0.148. The van der Waals surface area contributed by atoms with E-state index in [0.29, 0.717) is 4.47 Å². The van der Waals surface area contributed by atoms with Crippen molar-refractivity contribution < 1.29 is 5.11 Å². The number of phenols is 1. The van der Waals surface area contributed by atoms with Gasteiger partial charge in [-0.25, -0.2) is 0 Å². The molecule has 0 spiro atoms. The Hall–Kier alpha value is -1.63. The summed E-state index contributed by atoms with van der Waals surface area (Å²) in [5.41, 5.74) is 8.75. The Labute approximate surface area is 89.3 Å². The van der Waals surface area contributed by atoms with Gasteiger partial charge in [-0.1, -0.05) is 17.0 Å². The van der Waals surface area contributed by atoms with E-state index in [0.717, 1.165) is 5.56 Å². The summed E-state index contributed by atoms with van der Waals surface area (Å²) >= 11 is 3.17. The number of hydrogen-bond acceptors (Lipinski definition) is 2. The summed E-state index contributed by atoms with van der Waals surface area (Å²) in [6.07, 6.45) is 0. The first-order valence-electron chi connectivity index (χ1n) is 3.72. The van der Waals surface area contributed by atoms with Crippen LogP contribution in [0.2, 0.25) is 0 Å². The molecule has 0 bridgehead atoms. The third-order valence-corrected chi connectivity index (χ3v) is 2.03. The molecular formula is C9H6BrN3O. The normalized spacial score (nSPS) is 8.36. The minimum absolute atomic E-state index is 0.148. The number of hydrogen-bond donors (Lipinski definition) is 1. The summed E-state index contributed by atoms with van der Waals surface area (Å²) in [5, 5.41) is 12.5. The van der Waals surface area contributed by atoms with Crippen LogP contribution >= 0.6 is 15.9 Å². The van der Waals surface area contributed by atoms with Gasteiger partial charge in [-0.05, 0) is 39.7 Å². The molecule has 0 radical (unpaired) electrons. The lowest BCUT2D eigenvalue weighted by atomic mass is 10.2. The molecule has 4 nitrogen and oxygen atoms in total. The summed E-state index contributed by atoms with van der Waals surface area (Å²) in [4.78, 5) is 2.57. The van der Waals surface area contributed by atoms with Gasteiger partial charge in [0.25, 0.3) is 0 Å². The van der Waals surface area contributed by atoms with Gasteiger partial charge in [-0.3, -0.25) is 0 Å². The van der Waals surface area contributed by atoms with Gasteiger partial charge in [0.05, 0.1) is 11.0 Å². The Balaban J connectivity index is 2.80. The SMILES string of the molecule is [N-]=[N+]=NCC#Cc1ccc(O)c(Br)c1. The van der Waals surface area contributed by atoms with E-state index < -0.39 is 0 Å². The highest BCUT2D eigenvalue weighted by Gasteiger charge is 1.95. The molecule has 0 atom stereocenters. The van der Waals surface area contributed by atoms with Crippen molar-refractivity contribution in [3.63, 3.8) is 0 Å². The minimum Gasteiger partial charge on any atom is -0.507 e. The fraction of sp³-hybridized carbons (Fsp3) is 0.111. The van der Waals surface area contributed by atoms with Gasteiger partial charge in [0, 0.05) is 10.5 Å². The predicted molar refractivity (Wildman–Crippen MR) is 56.7 cm³/mol. The highest BCUT2D eigenvalue weighted by Crippen LogP contribution is 2.23. The summed E-state index contributed by atoms with van der Waals surface area (Å²) < 4.78 is 0.591. The van der Waals surface area contributed by atoms with E-state index in [-0.39, 0.29) is 12.3 Å². The molecule has 0 fully saturated rings. The fourth-order valence-electron chi connectivity index (χ4n) is 0.793. The molecule has 0 aliphatic heterocycles. The number of halogens is 1. The maximum absolute atomic E-state index is 9.19. The Morgan fingerprint density at radius 2 is 2.36 bits per heavy atom. The lowest BCUT2D eigenvalue weighted by Crippen LogP contribution is -1.76. The van der Waals surface area contributed by atoms with Crippen LogP contribution in [0, 0.1) is 11.8 Å². The first kappa shape index (κ1) is 10.5.